The summed E-state index contributed by atoms with van der Waals surface area (Å²) in [5.74, 6) is -4.49. The molecule has 4 aliphatic rings. The second-order valence-electron chi connectivity index (χ2n) is 19.2. The largest absolute Gasteiger partial charge is 0.349 e. The minimum absolute atomic E-state index is 0.0386. The number of carbonyl (C=O) groups is 8. The SMILES string of the molecule is CN1CCc2nc(C(=O)N[C@@H]3C[C@H](C(=O)N(C)C)CC[C@@H]3NC(=O)C(=O)Nc3ccc(Cl)cn3)sc2C1.CN1CCc2nc(C(=O)N[C@H]3C[C@@H](C(=O)N(C)C)CC[C@H]3NC(=O)C(=O)Nc3ccc(Cl)cn3)sc2C1. The third-order valence-electron chi connectivity index (χ3n) is 13.1. The first-order valence-electron chi connectivity index (χ1n) is 24.1. The quantitative estimate of drug-likeness (QED) is 0.125. The molecule has 6 heterocycles. The first-order chi connectivity index (χ1) is 35.2. The van der Waals surface area contributed by atoms with Crippen molar-refractivity contribution in [3.8, 4) is 0 Å². The Morgan fingerprint density at radius 1 is 0.554 bits per heavy atom. The monoisotopic (exact) mass is 1090 g/mol. The lowest BCUT2D eigenvalue weighted by atomic mass is 9.81. The number of carbonyl (C=O) groups excluding carboxylic acids is 8. The fourth-order valence-electron chi connectivity index (χ4n) is 9.20. The van der Waals surface area contributed by atoms with Crippen molar-refractivity contribution >= 4 is 105 Å². The molecule has 0 radical (unpaired) electrons. The summed E-state index contributed by atoms with van der Waals surface area (Å²) in [5, 5.41) is 17.8. The van der Waals surface area contributed by atoms with Crippen LogP contribution in [0.25, 0.3) is 0 Å². The summed E-state index contributed by atoms with van der Waals surface area (Å²) in [4.78, 5) is 129. The molecule has 22 nitrogen and oxygen atoms in total. The summed E-state index contributed by atoms with van der Waals surface area (Å²) in [6, 6.07) is 3.89. The number of aromatic nitrogens is 4. The Kier molecular flexibility index (Phi) is 18.7. The van der Waals surface area contributed by atoms with Crippen LogP contribution in [-0.2, 0) is 54.7 Å². The van der Waals surface area contributed by atoms with Gasteiger partial charge in [-0.3, -0.25) is 38.4 Å². The maximum atomic E-state index is 13.2. The average molecular weight is 1100 g/mol. The minimum Gasteiger partial charge on any atom is -0.349 e. The van der Waals surface area contributed by atoms with Crippen LogP contribution in [0.5, 0.6) is 0 Å². The van der Waals surface area contributed by atoms with Gasteiger partial charge in [-0.05, 0) is 76.9 Å². The summed E-state index contributed by atoms with van der Waals surface area (Å²) in [7, 11) is 10.8. The highest BCUT2D eigenvalue weighted by Gasteiger charge is 2.39. The number of amides is 8. The van der Waals surface area contributed by atoms with Gasteiger partial charge >= 0.3 is 23.6 Å². The highest BCUT2D eigenvalue weighted by atomic mass is 35.5. The molecule has 26 heteroatoms. The zero-order valence-electron chi connectivity index (χ0n) is 41.8. The van der Waals surface area contributed by atoms with Crippen molar-refractivity contribution in [1.82, 2.24) is 60.8 Å². The Labute approximate surface area is 446 Å². The lowest BCUT2D eigenvalue weighted by Gasteiger charge is -2.37. The fourth-order valence-corrected chi connectivity index (χ4v) is 11.6. The lowest BCUT2D eigenvalue weighted by molar-refractivity contribution is -0.137. The van der Waals surface area contributed by atoms with Crippen LogP contribution in [0.1, 0.15) is 79.3 Å². The Hall–Kier alpha value is -6.18. The van der Waals surface area contributed by atoms with E-state index in [9.17, 15) is 38.4 Å². The fraction of sp³-hybridized carbons (Fsp3) is 0.500. The molecule has 0 aromatic carbocycles. The van der Waals surface area contributed by atoms with Crippen molar-refractivity contribution in [3.05, 3.63) is 77.9 Å². The zero-order chi connectivity index (χ0) is 53.4. The van der Waals surface area contributed by atoms with E-state index in [4.69, 9.17) is 23.2 Å². The number of hydrogen-bond donors (Lipinski definition) is 6. The first-order valence-corrected chi connectivity index (χ1v) is 26.4. The standard InChI is InChI=1S/2C24H30ClN7O4S/c2*1-31(2)24(36)13-4-6-15(27-20(33)21(34)30-19-7-5-14(25)11-26-19)17(10-13)28-22(35)23-29-16-8-9-32(3)12-18(16)37-23/h2*5,7,11,13,15,17H,4,6,8-10,12H2,1-3H3,(H,27,33)(H,28,35)(H,26,30,34)/t2*13-,15+,17-/m10/s1. The van der Waals surface area contributed by atoms with E-state index in [-0.39, 0.29) is 47.1 Å². The number of thiazole rings is 2. The number of likely N-dealkylation sites (N-methyl/N-ethyl adjacent to an activating group) is 2. The molecular weight excluding hydrogens is 1040 g/mol. The summed E-state index contributed by atoms with van der Waals surface area (Å²) in [6.45, 7) is 3.27. The second-order valence-corrected chi connectivity index (χ2v) is 22.2. The Morgan fingerprint density at radius 2 is 0.946 bits per heavy atom. The van der Waals surface area contributed by atoms with Crippen LogP contribution in [0.4, 0.5) is 11.6 Å². The summed E-state index contributed by atoms with van der Waals surface area (Å²) in [5.41, 5.74) is 1.88. The number of nitrogens with zero attached hydrogens (tertiary/aromatic N) is 8. The second kappa shape index (κ2) is 24.9. The Morgan fingerprint density at radius 3 is 1.30 bits per heavy atom. The molecular formula is C48H60Cl2N14O8S2. The molecule has 4 aromatic heterocycles. The van der Waals surface area contributed by atoms with Crippen molar-refractivity contribution in [2.24, 2.45) is 11.8 Å². The molecule has 396 valence electrons. The number of anilines is 2. The molecule has 0 spiro atoms. The molecule has 4 aromatic rings. The minimum atomic E-state index is -0.886. The van der Waals surface area contributed by atoms with Gasteiger partial charge in [-0.1, -0.05) is 23.2 Å². The highest BCUT2D eigenvalue weighted by molar-refractivity contribution is 7.14. The van der Waals surface area contributed by atoms with Gasteiger partial charge in [-0.2, -0.15) is 0 Å². The van der Waals surface area contributed by atoms with Crippen molar-refractivity contribution in [2.45, 2.75) is 88.6 Å². The van der Waals surface area contributed by atoms with Gasteiger partial charge in [0, 0.05) is 113 Å². The van der Waals surface area contributed by atoms with Crippen LogP contribution in [0.3, 0.4) is 0 Å². The van der Waals surface area contributed by atoms with E-state index >= 15 is 0 Å². The molecule has 8 rings (SSSR count). The van der Waals surface area contributed by atoms with Crippen molar-refractivity contribution in [1.29, 1.82) is 0 Å². The number of hydrogen-bond acceptors (Lipinski definition) is 16. The topological polar surface area (TPSA) is 273 Å². The van der Waals surface area contributed by atoms with E-state index < -0.39 is 47.8 Å². The Balaban J connectivity index is 0.000000216. The molecule has 0 bridgehead atoms. The van der Waals surface area contributed by atoms with Crippen LogP contribution in [-0.4, -0.2) is 166 Å². The van der Waals surface area contributed by atoms with Crippen LogP contribution in [0.2, 0.25) is 10.0 Å². The van der Waals surface area contributed by atoms with E-state index in [1.54, 1.807) is 40.3 Å². The summed E-state index contributed by atoms with van der Waals surface area (Å²) >= 11 is 14.3. The third kappa shape index (κ3) is 14.6. The van der Waals surface area contributed by atoms with Gasteiger partial charge in [0.1, 0.15) is 11.6 Å². The van der Waals surface area contributed by atoms with Crippen LogP contribution < -0.4 is 31.9 Å². The van der Waals surface area contributed by atoms with Crippen LogP contribution >= 0.6 is 45.9 Å². The maximum Gasteiger partial charge on any atom is 0.314 e. The van der Waals surface area contributed by atoms with Gasteiger partial charge in [0.05, 0.1) is 33.5 Å². The van der Waals surface area contributed by atoms with Gasteiger partial charge in [0.15, 0.2) is 10.0 Å². The molecule has 6 atom stereocenters. The molecule has 74 heavy (non-hydrogen) atoms. The van der Waals surface area contributed by atoms with Crippen LogP contribution in [0.15, 0.2) is 36.7 Å². The number of fused-ring (bicyclic) bond motifs is 2. The molecule has 8 amide bonds. The van der Waals surface area contributed by atoms with Gasteiger partial charge in [-0.25, -0.2) is 19.9 Å². The summed E-state index contributed by atoms with van der Waals surface area (Å²) in [6.07, 6.45) is 6.85. The number of pyridine rings is 2. The molecule has 0 saturated heterocycles. The van der Waals surface area contributed by atoms with E-state index in [1.807, 2.05) is 14.1 Å². The van der Waals surface area contributed by atoms with E-state index in [0.717, 1.165) is 60.2 Å². The number of nitrogens with one attached hydrogen (secondary N) is 6. The predicted octanol–water partition coefficient (Wildman–Crippen LogP) is 2.58. The zero-order valence-corrected chi connectivity index (χ0v) is 45.0. The highest BCUT2D eigenvalue weighted by Crippen LogP contribution is 2.31. The van der Waals surface area contributed by atoms with E-state index in [0.29, 0.717) is 58.6 Å². The van der Waals surface area contributed by atoms with Gasteiger partial charge in [-0.15, -0.1) is 22.7 Å². The smallest absolute Gasteiger partial charge is 0.314 e. The van der Waals surface area contributed by atoms with Gasteiger partial charge in [0.2, 0.25) is 11.8 Å². The molecule has 0 unspecified atom stereocenters. The first kappa shape index (κ1) is 55.6. The van der Waals surface area contributed by atoms with Gasteiger partial charge in [0.25, 0.3) is 11.8 Å². The average Bonchev–Trinajstić information content (AvgIpc) is 4.00. The molecule has 2 saturated carbocycles. The van der Waals surface area contributed by atoms with Gasteiger partial charge < -0.3 is 51.5 Å². The predicted molar refractivity (Wildman–Crippen MR) is 278 cm³/mol. The molecule has 6 N–H and O–H groups in total. The summed E-state index contributed by atoms with van der Waals surface area (Å²) < 4.78 is 0. The molecule has 2 fully saturated rings. The Bertz CT molecular complexity index is 2560. The van der Waals surface area contributed by atoms with E-state index in [1.165, 1.54) is 57.0 Å². The third-order valence-corrected chi connectivity index (χ3v) is 15.7. The molecule has 2 aliphatic heterocycles. The number of halogens is 2. The van der Waals surface area contributed by atoms with Crippen molar-refractivity contribution in [2.75, 3.05) is 66.0 Å². The van der Waals surface area contributed by atoms with Crippen LogP contribution in [0, 0.1) is 11.8 Å². The van der Waals surface area contributed by atoms with E-state index in [2.05, 4.69) is 61.6 Å². The maximum absolute atomic E-state index is 13.2. The lowest BCUT2D eigenvalue weighted by Crippen LogP contribution is -2.57. The van der Waals surface area contributed by atoms with Crippen molar-refractivity contribution in [3.63, 3.8) is 0 Å². The van der Waals surface area contributed by atoms with Crippen molar-refractivity contribution < 1.29 is 38.4 Å². The normalized spacial score (nSPS) is 21.5. The number of rotatable bonds is 10. The molecule has 2 aliphatic carbocycles.